The number of benzene rings is 1. The van der Waals surface area contributed by atoms with Crippen molar-refractivity contribution in [3.05, 3.63) is 34.6 Å². The molecule has 0 bridgehead atoms. The summed E-state index contributed by atoms with van der Waals surface area (Å²) in [4.78, 5) is 0. The Balaban J connectivity index is 2.20. The van der Waals surface area contributed by atoms with Crippen LogP contribution in [0, 0.1) is 5.82 Å². The van der Waals surface area contributed by atoms with Crippen LogP contribution in [-0.4, -0.2) is 12.1 Å². The third-order valence-corrected chi connectivity index (χ3v) is 3.36. The zero-order valence-corrected chi connectivity index (χ0v) is 9.57. The molecule has 1 unspecified atom stereocenters. The first-order valence-corrected chi connectivity index (χ1v) is 5.66. The molecule has 1 N–H and O–H groups in total. The summed E-state index contributed by atoms with van der Waals surface area (Å²) in [6, 6.07) is 5.20. The second-order valence-corrected chi connectivity index (χ2v) is 4.89. The van der Waals surface area contributed by atoms with Gasteiger partial charge >= 0.3 is 0 Å². The van der Waals surface area contributed by atoms with Crippen LogP contribution in [0.2, 0.25) is 5.02 Å². The van der Waals surface area contributed by atoms with Gasteiger partial charge in [-0.05, 0) is 44.4 Å². The summed E-state index contributed by atoms with van der Waals surface area (Å²) in [5.41, 5.74) is 0.741. The van der Waals surface area contributed by atoms with Crippen molar-refractivity contribution in [3.8, 4) is 0 Å². The van der Waals surface area contributed by atoms with Crippen LogP contribution in [-0.2, 0) is 6.42 Å². The first-order chi connectivity index (χ1) is 7.11. The van der Waals surface area contributed by atoms with Gasteiger partial charge in [-0.15, -0.1) is 0 Å². The summed E-state index contributed by atoms with van der Waals surface area (Å²) in [6.07, 6.45) is 2.97. The van der Waals surface area contributed by atoms with E-state index in [9.17, 15) is 4.39 Å². The van der Waals surface area contributed by atoms with Crippen molar-refractivity contribution in [2.75, 3.05) is 6.54 Å². The minimum absolute atomic E-state index is 0.0333. The molecule has 1 atom stereocenters. The lowest BCUT2D eigenvalue weighted by Gasteiger charge is -2.24. The van der Waals surface area contributed by atoms with E-state index in [4.69, 9.17) is 11.6 Å². The molecule has 3 heteroatoms. The highest BCUT2D eigenvalue weighted by atomic mass is 35.5. The van der Waals surface area contributed by atoms with Gasteiger partial charge in [0, 0.05) is 5.54 Å². The molecule has 2 rings (SSSR count). The van der Waals surface area contributed by atoms with Crippen molar-refractivity contribution in [1.82, 2.24) is 5.32 Å². The van der Waals surface area contributed by atoms with Crippen molar-refractivity contribution in [1.29, 1.82) is 0 Å². The lowest BCUT2D eigenvalue weighted by atomic mass is 9.91. The maximum atomic E-state index is 13.7. The molecule has 15 heavy (non-hydrogen) atoms. The zero-order chi connectivity index (χ0) is 10.9. The normalized spacial score (nSPS) is 25.8. The summed E-state index contributed by atoms with van der Waals surface area (Å²) in [5, 5.41) is 3.64. The monoisotopic (exact) mass is 227 g/mol. The van der Waals surface area contributed by atoms with Gasteiger partial charge in [0.1, 0.15) is 5.82 Å². The Kier molecular flexibility index (Phi) is 2.98. The van der Waals surface area contributed by atoms with Crippen molar-refractivity contribution < 1.29 is 4.39 Å². The van der Waals surface area contributed by atoms with E-state index in [2.05, 4.69) is 12.2 Å². The van der Waals surface area contributed by atoms with Crippen molar-refractivity contribution in [3.63, 3.8) is 0 Å². The van der Waals surface area contributed by atoms with E-state index in [0.29, 0.717) is 12.0 Å². The number of rotatable bonds is 2. The molecule has 1 aliphatic heterocycles. The molecule has 1 saturated heterocycles. The van der Waals surface area contributed by atoms with Gasteiger partial charge in [0.15, 0.2) is 0 Å². The standard InChI is InChI=1S/C12H15ClFN/c1-12(6-3-7-15-12)8-9-4-2-5-10(13)11(9)14/h2,4-5,15H,3,6-8H2,1H3. The minimum atomic E-state index is -0.269. The molecular formula is C12H15ClFN. The highest BCUT2D eigenvalue weighted by Crippen LogP contribution is 2.26. The number of halogens is 2. The maximum Gasteiger partial charge on any atom is 0.145 e. The predicted octanol–water partition coefficient (Wildman–Crippen LogP) is 3.16. The van der Waals surface area contributed by atoms with Crippen LogP contribution in [0.25, 0.3) is 0 Å². The Morgan fingerprint density at radius 1 is 1.53 bits per heavy atom. The lowest BCUT2D eigenvalue weighted by Crippen LogP contribution is -2.38. The SMILES string of the molecule is CC1(Cc2cccc(Cl)c2F)CCCN1. The van der Waals surface area contributed by atoms with Crippen LogP contribution in [0.5, 0.6) is 0 Å². The molecule has 1 aromatic carbocycles. The van der Waals surface area contributed by atoms with Gasteiger partial charge in [-0.25, -0.2) is 4.39 Å². The second-order valence-electron chi connectivity index (χ2n) is 4.48. The van der Waals surface area contributed by atoms with E-state index in [1.807, 2.05) is 6.07 Å². The van der Waals surface area contributed by atoms with Gasteiger partial charge in [-0.3, -0.25) is 0 Å². The van der Waals surface area contributed by atoms with Gasteiger partial charge in [-0.2, -0.15) is 0 Å². The molecule has 0 radical (unpaired) electrons. The Hall–Kier alpha value is -0.600. The highest BCUT2D eigenvalue weighted by molar-refractivity contribution is 6.30. The molecule has 82 valence electrons. The Morgan fingerprint density at radius 2 is 2.33 bits per heavy atom. The smallest absolute Gasteiger partial charge is 0.145 e. The molecule has 0 aliphatic carbocycles. The van der Waals surface area contributed by atoms with Crippen molar-refractivity contribution >= 4 is 11.6 Å². The largest absolute Gasteiger partial charge is 0.311 e. The molecule has 1 heterocycles. The van der Waals surface area contributed by atoms with Crippen LogP contribution < -0.4 is 5.32 Å². The fourth-order valence-corrected chi connectivity index (χ4v) is 2.41. The molecule has 1 aliphatic rings. The zero-order valence-electron chi connectivity index (χ0n) is 8.82. The molecule has 0 spiro atoms. The van der Waals surface area contributed by atoms with E-state index >= 15 is 0 Å². The molecule has 1 nitrogen and oxygen atoms in total. The summed E-state index contributed by atoms with van der Waals surface area (Å²) < 4.78 is 13.7. The summed E-state index contributed by atoms with van der Waals surface area (Å²) in [5.74, 6) is -0.269. The van der Waals surface area contributed by atoms with Gasteiger partial charge < -0.3 is 5.32 Å². The van der Waals surface area contributed by atoms with Gasteiger partial charge in [0.25, 0.3) is 0 Å². The fraction of sp³-hybridized carbons (Fsp3) is 0.500. The third-order valence-electron chi connectivity index (χ3n) is 3.07. The molecule has 0 saturated carbocycles. The van der Waals surface area contributed by atoms with Gasteiger partial charge in [0.2, 0.25) is 0 Å². The van der Waals surface area contributed by atoms with Gasteiger partial charge in [-0.1, -0.05) is 23.7 Å². The van der Waals surface area contributed by atoms with Crippen LogP contribution in [0.15, 0.2) is 18.2 Å². The summed E-state index contributed by atoms with van der Waals surface area (Å²) in [7, 11) is 0. The minimum Gasteiger partial charge on any atom is -0.311 e. The van der Waals surface area contributed by atoms with Gasteiger partial charge in [0.05, 0.1) is 5.02 Å². The third kappa shape index (κ3) is 2.32. The summed E-state index contributed by atoms with van der Waals surface area (Å²) in [6.45, 7) is 3.17. The Morgan fingerprint density at radius 3 is 3.00 bits per heavy atom. The molecule has 1 aromatic rings. The lowest BCUT2D eigenvalue weighted by molar-refractivity contribution is 0.405. The van der Waals surface area contributed by atoms with E-state index in [0.717, 1.165) is 13.0 Å². The van der Waals surface area contributed by atoms with E-state index in [-0.39, 0.29) is 16.4 Å². The second kappa shape index (κ2) is 4.11. The average Bonchev–Trinajstić information content (AvgIpc) is 2.60. The quantitative estimate of drug-likeness (QED) is 0.819. The first-order valence-electron chi connectivity index (χ1n) is 5.29. The molecular weight excluding hydrogens is 213 g/mol. The Bertz CT molecular complexity index is 359. The molecule has 0 aromatic heterocycles. The number of nitrogens with one attached hydrogen (secondary N) is 1. The summed E-state index contributed by atoms with van der Waals surface area (Å²) >= 11 is 5.75. The van der Waals surface area contributed by atoms with Crippen molar-refractivity contribution in [2.24, 2.45) is 0 Å². The predicted molar refractivity (Wildman–Crippen MR) is 60.8 cm³/mol. The van der Waals surface area contributed by atoms with Crippen LogP contribution in [0.3, 0.4) is 0 Å². The maximum absolute atomic E-state index is 13.7. The van der Waals surface area contributed by atoms with Crippen molar-refractivity contribution in [2.45, 2.75) is 31.7 Å². The first kappa shape index (κ1) is 10.9. The fourth-order valence-electron chi connectivity index (χ4n) is 2.21. The topological polar surface area (TPSA) is 12.0 Å². The molecule has 1 fully saturated rings. The molecule has 0 amide bonds. The van der Waals surface area contributed by atoms with E-state index in [1.54, 1.807) is 12.1 Å². The van der Waals surface area contributed by atoms with E-state index in [1.165, 1.54) is 6.42 Å². The van der Waals surface area contributed by atoms with Crippen LogP contribution in [0.1, 0.15) is 25.3 Å². The Labute approximate surface area is 94.6 Å². The van der Waals surface area contributed by atoms with E-state index < -0.39 is 0 Å². The average molecular weight is 228 g/mol. The number of hydrogen-bond acceptors (Lipinski definition) is 1. The van der Waals surface area contributed by atoms with Crippen LogP contribution >= 0.6 is 11.6 Å². The number of hydrogen-bond donors (Lipinski definition) is 1. The highest BCUT2D eigenvalue weighted by Gasteiger charge is 2.29. The van der Waals surface area contributed by atoms with Crippen LogP contribution in [0.4, 0.5) is 4.39 Å².